The molecule has 0 saturated heterocycles. The van der Waals surface area contributed by atoms with Crippen LogP contribution in [0.25, 0.3) is 0 Å². The maximum absolute atomic E-state index is 5.13. The topological polar surface area (TPSA) is 22.6 Å². The molecule has 2 aliphatic rings. The van der Waals surface area contributed by atoms with Crippen LogP contribution in [0, 0.1) is 0 Å². The fraction of sp³-hybridized carbons (Fsp3) is 0.310. The van der Waals surface area contributed by atoms with Gasteiger partial charge in [-0.05, 0) is 81.0 Å². The van der Waals surface area contributed by atoms with Gasteiger partial charge < -0.3 is 14.7 Å². The second-order valence-electron chi connectivity index (χ2n) is 16.0. The molecule has 0 aliphatic carbocycles. The average molecular weight is 637 g/mol. The van der Waals surface area contributed by atoms with Crippen molar-refractivity contribution in [2.24, 2.45) is 0 Å². The third kappa shape index (κ3) is 4.65. The summed E-state index contributed by atoms with van der Waals surface area (Å²) in [6.07, 6.45) is 1.98. The first kappa shape index (κ1) is 31.3. The van der Waals surface area contributed by atoms with Gasteiger partial charge in [0.05, 0.1) is 29.4 Å². The van der Waals surface area contributed by atoms with Gasteiger partial charge in [-0.25, -0.2) is 0 Å². The molecule has 0 fully saturated rings. The summed E-state index contributed by atoms with van der Waals surface area (Å²) < 4.78 is 0. The third-order valence-corrected chi connectivity index (χ3v) is 17.5. The van der Waals surface area contributed by atoms with Gasteiger partial charge in [0.1, 0.15) is 0 Å². The summed E-state index contributed by atoms with van der Waals surface area (Å²) in [6, 6.07) is 40.7. The van der Waals surface area contributed by atoms with Gasteiger partial charge in [-0.15, -0.1) is 0 Å². The Kier molecular flexibility index (Phi) is 7.21. The first-order valence-corrected chi connectivity index (χ1v) is 18.9. The average Bonchev–Trinajstić information content (AvgIpc) is 3.37. The number of pyridine rings is 1. The molecule has 0 unspecified atom stereocenters. The van der Waals surface area contributed by atoms with Gasteiger partial charge in [0.15, 0.2) is 8.07 Å². The van der Waals surface area contributed by atoms with Crippen molar-refractivity contribution in [2.45, 2.75) is 70.9 Å². The van der Waals surface area contributed by atoms with E-state index in [1.807, 2.05) is 12.3 Å². The summed E-state index contributed by atoms with van der Waals surface area (Å²) in [5.74, 6) is 0. The van der Waals surface area contributed by atoms with Crippen LogP contribution in [0.4, 0.5) is 34.1 Å². The van der Waals surface area contributed by atoms with Gasteiger partial charge in [-0.3, -0.25) is 4.98 Å². The highest BCUT2D eigenvalue weighted by Gasteiger charge is 2.57. The smallest absolute Gasteiger partial charge is 0.151 e. The van der Waals surface area contributed by atoms with Crippen LogP contribution in [-0.2, 0) is 5.41 Å². The largest absolute Gasteiger partial charge is 0.355 e. The van der Waals surface area contributed by atoms with Crippen molar-refractivity contribution < 1.29 is 0 Å². The van der Waals surface area contributed by atoms with Crippen LogP contribution < -0.4 is 25.2 Å². The molecule has 2 aliphatic heterocycles. The molecule has 5 aromatic rings. The van der Waals surface area contributed by atoms with Gasteiger partial charge in [0.2, 0.25) is 0 Å². The minimum Gasteiger partial charge on any atom is -0.355 e. The number of hydrogen-bond acceptors (Lipinski definition) is 4. The Balaban J connectivity index is 1.48. The predicted molar refractivity (Wildman–Crippen MR) is 204 cm³/mol. The van der Waals surface area contributed by atoms with Crippen LogP contribution in [0.2, 0.25) is 10.1 Å². The number of benzene rings is 4. The summed E-state index contributed by atoms with van der Waals surface area (Å²) in [4.78, 5) is 12.4. The zero-order valence-electron chi connectivity index (χ0n) is 29.5. The summed E-state index contributed by atoms with van der Waals surface area (Å²) in [7, 11) is -0.337. The SMILES string of the molecule is CN1CN(c2cccc(N3c4ccccc4C(C)(C)c4ccc([Si](c5ccccn5)(C(C)(C)C)C(C)(C)C)cc43)c2)c2ccccc21. The fourth-order valence-electron chi connectivity index (χ4n) is 9.12. The van der Waals surface area contributed by atoms with E-state index in [-0.39, 0.29) is 15.5 Å². The van der Waals surface area contributed by atoms with Gasteiger partial charge >= 0.3 is 0 Å². The maximum Gasteiger partial charge on any atom is 0.151 e. The molecule has 0 saturated carbocycles. The Morgan fingerprint density at radius 1 is 0.617 bits per heavy atom. The number of para-hydroxylation sites is 3. The molecular weight excluding hydrogens is 589 g/mol. The lowest BCUT2D eigenvalue weighted by molar-refractivity contribution is 0.629. The van der Waals surface area contributed by atoms with Gasteiger partial charge in [-0.2, -0.15) is 0 Å². The zero-order valence-corrected chi connectivity index (χ0v) is 30.5. The van der Waals surface area contributed by atoms with E-state index in [4.69, 9.17) is 4.98 Å². The Labute approximate surface area is 282 Å². The van der Waals surface area contributed by atoms with Crippen molar-refractivity contribution in [2.75, 3.05) is 28.4 Å². The van der Waals surface area contributed by atoms with Crippen LogP contribution in [0.1, 0.15) is 66.5 Å². The molecule has 0 spiro atoms. The van der Waals surface area contributed by atoms with Crippen LogP contribution in [0.15, 0.2) is 115 Å². The van der Waals surface area contributed by atoms with E-state index < -0.39 is 8.07 Å². The lowest BCUT2D eigenvalue weighted by atomic mass is 9.73. The van der Waals surface area contributed by atoms with E-state index in [0.717, 1.165) is 6.67 Å². The van der Waals surface area contributed by atoms with Crippen LogP contribution in [0.3, 0.4) is 0 Å². The molecule has 0 amide bonds. The molecule has 0 bridgehead atoms. The number of anilines is 6. The summed E-state index contributed by atoms with van der Waals surface area (Å²) in [5.41, 5.74) is 9.93. The van der Waals surface area contributed by atoms with Crippen molar-refractivity contribution in [1.82, 2.24) is 4.98 Å². The molecule has 240 valence electrons. The lowest BCUT2D eigenvalue weighted by Gasteiger charge is -2.52. The van der Waals surface area contributed by atoms with E-state index >= 15 is 0 Å². The normalized spacial score (nSPS) is 15.7. The highest BCUT2D eigenvalue weighted by Crippen LogP contribution is 2.54. The Morgan fingerprint density at radius 2 is 1.23 bits per heavy atom. The molecule has 47 heavy (non-hydrogen) atoms. The van der Waals surface area contributed by atoms with Gasteiger partial charge in [-0.1, -0.05) is 110 Å². The van der Waals surface area contributed by atoms with Crippen molar-refractivity contribution in [3.63, 3.8) is 0 Å². The molecule has 0 atom stereocenters. The number of fused-ring (bicyclic) bond motifs is 3. The van der Waals surface area contributed by atoms with E-state index in [1.54, 1.807) is 0 Å². The van der Waals surface area contributed by atoms with Crippen molar-refractivity contribution >= 4 is 52.7 Å². The number of rotatable bonds is 4. The lowest BCUT2D eigenvalue weighted by Crippen LogP contribution is -2.70. The highest BCUT2D eigenvalue weighted by molar-refractivity contribution is 7.05. The second-order valence-corrected chi connectivity index (χ2v) is 21.5. The van der Waals surface area contributed by atoms with E-state index in [2.05, 4.69) is 180 Å². The van der Waals surface area contributed by atoms with Gasteiger partial charge in [0, 0.05) is 35.4 Å². The van der Waals surface area contributed by atoms with Crippen molar-refractivity contribution in [1.29, 1.82) is 0 Å². The summed E-state index contributed by atoms with van der Waals surface area (Å²) >= 11 is 0. The number of nitrogens with zero attached hydrogens (tertiary/aromatic N) is 4. The summed E-state index contributed by atoms with van der Waals surface area (Å²) in [5, 5.41) is 2.70. The highest BCUT2D eigenvalue weighted by atomic mass is 28.3. The monoisotopic (exact) mass is 636 g/mol. The van der Waals surface area contributed by atoms with Gasteiger partial charge in [0.25, 0.3) is 0 Å². The molecule has 1 aromatic heterocycles. The Morgan fingerprint density at radius 3 is 1.91 bits per heavy atom. The maximum atomic E-state index is 5.13. The number of aromatic nitrogens is 1. The molecule has 5 heteroatoms. The molecule has 4 aromatic carbocycles. The molecule has 4 nitrogen and oxygen atoms in total. The van der Waals surface area contributed by atoms with E-state index in [0.29, 0.717) is 0 Å². The standard InChI is InChI=1S/C42H48N4Si/c1-40(2,3)47(41(4,5)6,39-23-14-15-26-43-39)32-24-25-34-38(28-32)46(35-20-11-10-19-33(35)42(34,7)8)31-18-16-17-30(27-31)45-29-44(9)36-21-12-13-22-37(36)45/h10-28H,29H2,1-9H3. The quantitative estimate of drug-likeness (QED) is 0.183. The van der Waals surface area contributed by atoms with E-state index in [1.165, 1.54) is 55.8 Å². The first-order chi connectivity index (χ1) is 22.3. The van der Waals surface area contributed by atoms with E-state index in [9.17, 15) is 0 Å². The summed E-state index contributed by atoms with van der Waals surface area (Å²) in [6.45, 7) is 20.2. The molecular formula is C42H48N4Si. The minimum absolute atomic E-state index is 0.00977. The fourth-order valence-corrected chi connectivity index (χ4v) is 16.2. The number of hydrogen-bond donors (Lipinski definition) is 0. The van der Waals surface area contributed by atoms with Crippen LogP contribution in [-0.4, -0.2) is 26.8 Å². The van der Waals surface area contributed by atoms with Crippen molar-refractivity contribution in [3.05, 3.63) is 127 Å². The predicted octanol–water partition coefficient (Wildman–Crippen LogP) is 9.90. The second kappa shape index (κ2) is 10.8. The Bertz CT molecular complexity index is 1940. The molecule has 0 radical (unpaired) electrons. The first-order valence-electron chi connectivity index (χ1n) is 16.9. The molecule has 0 N–H and O–H groups in total. The zero-order chi connectivity index (χ0) is 33.4. The third-order valence-electron chi connectivity index (χ3n) is 10.8. The van der Waals surface area contributed by atoms with Crippen LogP contribution in [0.5, 0.6) is 0 Å². The van der Waals surface area contributed by atoms with Crippen LogP contribution >= 0.6 is 0 Å². The molecule has 7 rings (SSSR count). The molecule has 3 heterocycles. The van der Waals surface area contributed by atoms with Crippen molar-refractivity contribution in [3.8, 4) is 0 Å². The Hall–Kier alpha value is -4.35. The minimum atomic E-state index is -2.51.